The second-order valence-electron chi connectivity index (χ2n) is 5.62. The molecule has 5 nitrogen and oxygen atoms in total. The summed E-state index contributed by atoms with van der Waals surface area (Å²) in [7, 11) is 0. The van der Waals surface area contributed by atoms with Crippen molar-refractivity contribution in [1.29, 1.82) is 5.26 Å². The highest BCUT2D eigenvalue weighted by atomic mass is 19.1. The van der Waals surface area contributed by atoms with Gasteiger partial charge in [0.2, 0.25) is 0 Å². The van der Waals surface area contributed by atoms with Crippen molar-refractivity contribution in [3.8, 4) is 6.07 Å². The van der Waals surface area contributed by atoms with Gasteiger partial charge in [-0.25, -0.2) is 4.39 Å². The molecule has 26 heavy (non-hydrogen) atoms. The molecule has 3 aromatic rings. The first-order valence-electron chi connectivity index (χ1n) is 7.99. The van der Waals surface area contributed by atoms with Gasteiger partial charge in [0, 0.05) is 12.1 Å². The Morgan fingerprint density at radius 2 is 2.00 bits per heavy atom. The van der Waals surface area contributed by atoms with Crippen LogP contribution in [0.1, 0.15) is 27.2 Å². The number of carbonyl (C=O) groups is 1. The first-order valence-corrected chi connectivity index (χ1v) is 7.99. The third-order valence-electron chi connectivity index (χ3n) is 3.78. The topological polar surface area (TPSA) is 78.1 Å². The van der Waals surface area contributed by atoms with Crippen molar-refractivity contribution in [2.75, 3.05) is 5.32 Å². The zero-order chi connectivity index (χ0) is 18.4. The van der Waals surface area contributed by atoms with Crippen LogP contribution < -0.4 is 10.6 Å². The van der Waals surface area contributed by atoms with Gasteiger partial charge in [0.25, 0.3) is 5.91 Å². The number of hydrogen-bond acceptors (Lipinski definition) is 4. The van der Waals surface area contributed by atoms with Crippen molar-refractivity contribution in [1.82, 2.24) is 5.32 Å². The standard InChI is InChI=1S/C20H16FN3O2/c21-17-6-7-19(16(10-17)11-22)23-12-14-3-1-4-15(9-14)20(25)24-13-18-5-2-8-26-18/h1-10,23H,12-13H2,(H,24,25). The minimum Gasteiger partial charge on any atom is -0.467 e. The number of nitrogens with one attached hydrogen (secondary N) is 2. The summed E-state index contributed by atoms with van der Waals surface area (Å²) in [6.07, 6.45) is 1.55. The number of hydrogen-bond donors (Lipinski definition) is 2. The van der Waals surface area contributed by atoms with E-state index >= 15 is 0 Å². The van der Waals surface area contributed by atoms with E-state index in [1.807, 2.05) is 12.1 Å². The Labute approximate surface area is 150 Å². The van der Waals surface area contributed by atoms with Crippen LogP contribution in [0.25, 0.3) is 0 Å². The number of furan rings is 1. The molecular formula is C20H16FN3O2. The Hall–Kier alpha value is -3.59. The van der Waals surface area contributed by atoms with E-state index < -0.39 is 5.82 Å². The Kier molecular flexibility index (Phi) is 5.30. The molecule has 0 saturated heterocycles. The summed E-state index contributed by atoms with van der Waals surface area (Å²) in [4.78, 5) is 12.2. The van der Waals surface area contributed by atoms with Crippen LogP contribution in [0, 0.1) is 17.1 Å². The minimum atomic E-state index is -0.456. The molecule has 6 heteroatoms. The fraction of sp³-hybridized carbons (Fsp3) is 0.100. The quantitative estimate of drug-likeness (QED) is 0.709. The van der Waals surface area contributed by atoms with Gasteiger partial charge in [-0.15, -0.1) is 0 Å². The molecule has 2 N–H and O–H groups in total. The number of rotatable bonds is 6. The molecule has 0 fully saturated rings. The molecule has 130 valence electrons. The smallest absolute Gasteiger partial charge is 0.251 e. The molecule has 0 aliphatic heterocycles. The van der Waals surface area contributed by atoms with E-state index in [9.17, 15) is 9.18 Å². The van der Waals surface area contributed by atoms with E-state index in [0.29, 0.717) is 30.1 Å². The summed E-state index contributed by atoms with van der Waals surface area (Å²) in [5, 5.41) is 15.0. The second-order valence-corrected chi connectivity index (χ2v) is 5.62. The van der Waals surface area contributed by atoms with E-state index in [-0.39, 0.29) is 11.5 Å². The van der Waals surface area contributed by atoms with Gasteiger partial charge in [-0.1, -0.05) is 12.1 Å². The molecule has 3 rings (SSSR count). The Morgan fingerprint density at radius 1 is 1.12 bits per heavy atom. The molecule has 0 spiro atoms. The number of anilines is 1. The van der Waals surface area contributed by atoms with E-state index in [0.717, 1.165) is 5.56 Å². The van der Waals surface area contributed by atoms with Gasteiger partial charge in [-0.2, -0.15) is 5.26 Å². The molecule has 0 saturated carbocycles. The van der Waals surface area contributed by atoms with Crippen LogP contribution in [0.2, 0.25) is 0 Å². The molecule has 0 aliphatic carbocycles. The van der Waals surface area contributed by atoms with Crippen LogP contribution >= 0.6 is 0 Å². The average Bonchev–Trinajstić information content (AvgIpc) is 3.19. The van der Waals surface area contributed by atoms with Gasteiger partial charge in [-0.3, -0.25) is 4.79 Å². The lowest BCUT2D eigenvalue weighted by atomic mass is 10.1. The summed E-state index contributed by atoms with van der Waals surface area (Å²) >= 11 is 0. The predicted octanol–water partition coefficient (Wildman–Crippen LogP) is 3.83. The van der Waals surface area contributed by atoms with Gasteiger partial charge in [-0.05, 0) is 48.0 Å². The maximum Gasteiger partial charge on any atom is 0.251 e. The van der Waals surface area contributed by atoms with Crippen LogP contribution in [0.3, 0.4) is 0 Å². The second kappa shape index (κ2) is 7.99. The Morgan fingerprint density at radius 3 is 2.77 bits per heavy atom. The summed E-state index contributed by atoms with van der Waals surface area (Å²) < 4.78 is 18.4. The van der Waals surface area contributed by atoms with Gasteiger partial charge in [0.1, 0.15) is 17.6 Å². The highest BCUT2D eigenvalue weighted by Crippen LogP contribution is 2.17. The highest BCUT2D eigenvalue weighted by molar-refractivity contribution is 5.94. The van der Waals surface area contributed by atoms with Crippen LogP contribution in [-0.2, 0) is 13.1 Å². The van der Waals surface area contributed by atoms with Crippen molar-refractivity contribution in [3.05, 3.63) is 89.1 Å². The first kappa shape index (κ1) is 17.2. The largest absolute Gasteiger partial charge is 0.467 e. The predicted molar refractivity (Wildman–Crippen MR) is 94.8 cm³/mol. The van der Waals surface area contributed by atoms with Crippen molar-refractivity contribution < 1.29 is 13.6 Å². The van der Waals surface area contributed by atoms with Crippen LogP contribution in [0.4, 0.5) is 10.1 Å². The maximum absolute atomic E-state index is 13.2. The minimum absolute atomic E-state index is 0.206. The van der Waals surface area contributed by atoms with Crippen molar-refractivity contribution in [2.45, 2.75) is 13.1 Å². The first-order chi connectivity index (χ1) is 12.7. The molecule has 1 amide bonds. The molecule has 1 aromatic heterocycles. The summed E-state index contributed by atoms with van der Waals surface area (Å²) in [6, 6.07) is 16.6. The van der Waals surface area contributed by atoms with Gasteiger partial charge in [0.05, 0.1) is 24.1 Å². The summed E-state index contributed by atoms with van der Waals surface area (Å²) in [6.45, 7) is 0.717. The zero-order valence-corrected chi connectivity index (χ0v) is 13.8. The molecule has 0 radical (unpaired) electrons. The van der Waals surface area contributed by atoms with Crippen LogP contribution in [-0.4, -0.2) is 5.91 Å². The summed E-state index contributed by atoms with van der Waals surface area (Å²) in [5.74, 6) is 0.0154. The third-order valence-corrected chi connectivity index (χ3v) is 3.78. The third kappa shape index (κ3) is 4.28. The molecule has 0 atom stereocenters. The fourth-order valence-corrected chi connectivity index (χ4v) is 2.47. The number of nitriles is 1. The molecule has 0 aliphatic rings. The maximum atomic E-state index is 13.2. The van der Waals surface area contributed by atoms with Crippen molar-refractivity contribution in [3.63, 3.8) is 0 Å². The SMILES string of the molecule is N#Cc1cc(F)ccc1NCc1cccc(C(=O)NCc2ccco2)c1. The normalized spacial score (nSPS) is 10.2. The van der Waals surface area contributed by atoms with Gasteiger partial charge < -0.3 is 15.1 Å². The number of benzene rings is 2. The fourth-order valence-electron chi connectivity index (χ4n) is 2.47. The van der Waals surface area contributed by atoms with Gasteiger partial charge in [0.15, 0.2) is 0 Å². The van der Waals surface area contributed by atoms with E-state index in [1.165, 1.54) is 18.2 Å². The molecule has 0 bridgehead atoms. The summed E-state index contributed by atoms with van der Waals surface area (Å²) in [5.41, 5.74) is 2.17. The van der Waals surface area contributed by atoms with Crippen molar-refractivity contribution >= 4 is 11.6 Å². The lowest BCUT2D eigenvalue weighted by Crippen LogP contribution is -2.22. The van der Waals surface area contributed by atoms with Gasteiger partial charge >= 0.3 is 0 Å². The van der Waals surface area contributed by atoms with Crippen LogP contribution in [0.15, 0.2) is 65.3 Å². The monoisotopic (exact) mass is 349 g/mol. The number of nitrogens with zero attached hydrogens (tertiary/aromatic N) is 1. The van der Waals surface area contributed by atoms with E-state index in [1.54, 1.807) is 36.6 Å². The number of amides is 1. The van der Waals surface area contributed by atoms with Crippen LogP contribution in [0.5, 0.6) is 0 Å². The molecule has 1 heterocycles. The molecular weight excluding hydrogens is 333 g/mol. The van der Waals surface area contributed by atoms with Crippen molar-refractivity contribution in [2.24, 2.45) is 0 Å². The molecule has 2 aromatic carbocycles. The average molecular weight is 349 g/mol. The number of carbonyl (C=O) groups excluding carboxylic acids is 1. The molecule has 0 unspecified atom stereocenters. The lowest BCUT2D eigenvalue weighted by Gasteiger charge is -2.10. The zero-order valence-electron chi connectivity index (χ0n) is 13.8. The lowest BCUT2D eigenvalue weighted by molar-refractivity contribution is 0.0948. The van der Waals surface area contributed by atoms with E-state index in [2.05, 4.69) is 10.6 Å². The highest BCUT2D eigenvalue weighted by Gasteiger charge is 2.08. The Balaban J connectivity index is 1.64. The Bertz CT molecular complexity index is 946. The number of halogens is 1. The van der Waals surface area contributed by atoms with E-state index in [4.69, 9.17) is 9.68 Å².